The number of hydrogen-bond donors (Lipinski definition) is 1. The molecular weight excluding hydrogens is 255 g/mol. The highest BCUT2D eigenvalue weighted by atomic mass is 16.5. The van der Waals surface area contributed by atoms with E-state index in [0.29, 0.717) is 0 Å². The predicted molar refractivity (Wildman–Crippen MR) is 94.6 cm³/mol. The molecular formula is C12H15B6NO2. The maximum absolute atomic E-state index is 11.8. The van der Waals surface area contributed by atoms with Crippen LogP contribution in [0.1, 0.15) is 6.92 Å². The number of carbonyl (C=O) groups excluding carboxylic acids is 1. The highest BCUT2D eigenvalue weighted by molar-refractivity contribution is 7.49. The lowest BCUT2D eigenvalue weighted by Gasteiger charge is -2.27. The van der Waals surface area contributed by atoms with E-state index in [1.54, 1.807) is 39.5 Å². The van der Waals surface area contributed by atoms with Gasteiger partial charge >= 0.3 is 0 Å². The van der Waals surface area contributed by atoms with Crippen LogP contribution in [-0.2, 0) is 9.53 Å². The summed E-state index contributed by atoms with van der Waals surface area (Å²) in [6, 6.07) is 0. The Morgan fingerprint density at radius 2 is 1.90 bits per heavy atom. The second-order valence-electron chi connectivity index (χ2n) is 4.27. The lowest BCUT2D eigenvalue weighted by Crippen LogP contribution is -2.53. The Balaban J connectivity index is 4.22. The molecule has 0 fully saturated rings. The van der Waals surface area contributed by atoms with Crippen molar-refractivity contribution in [2.45, 2.75) is 18.6 Å². The van der Waals surface area contributed by atoms with Crippen LogP contribution in [0.2, 0.25) is 0 Å². The van der Waals surface area contributed by atoms with E-state index < -0.39 is 17.3 Å². The summed E-state index contributed by atoms with van der Waals surface area (Å²) in [6.45, 7) is 8.61. The van der Waals surface area contributed by atoms with E-state index in [1.807, 2.05) is 12.2 Å². The van der Waals surface area contributed by atoms with Gasteiger partial charge in [0.15, 0.2) is 12.9 Å². The molecule has 0 aromatic carbocycles. The molecule has 0 saturated heterocycles. The van der Waals surface area contributed by atoms with Crippen molar-refractivity contribution in [3.05, 3.63) is 49.0 Å². The largest absolute Gasteiger partial charge is 0.370 e. The Bertz CT molecular complexity index is 420. The summed E-state index contributed by atoms with van der Waals surface area (Å²) in [7, 11) is 16.8. The second-order valence-corrected chi connectivity index (χ2v) is 4.27. The molecule has 1 unspecified atom stereocenters. The molecule has 9 heteroatoms. The summed E-state index contributed by atoms with van der Waals surface area (Å²) in [5, 5.41) is 0. The summed E-state index contributed by atoms with van der Waals surface area (Å²) < 4.78 is 4.93. The third-order valence-corrected chi connectivity index (χ3v) is 2.25. The molecule has 0 aliphatic heterocycles. The minimum Gasteiger partial charge on any atom is -0.370 e. The van der Waals surface area contributed by atoms with Gasteiger partial charge in [0.1, 0.15) is 5.68 Å². The number of carbonyl (C=O) groups is 1. The highest BCUT2D eigenvalue weighted by Crippen LogP contribution is 2.04. The zero-order valence-corrected chi connectivity index (χ0v) is 12.2. The third-order valence-electron chi connectivity index (χ3n) is 2.25. The smallest absolute Gasteiger partial charge is 0.160 e. The number of hydrogen-bond acceptors (Lipinski definition) is 3. The normalized spacial score (nSPS) is 14.3. The highest BCUT2D eigenvalue weighted by Gasteiger charge is 2.28. The number of allylic oxidation sites excluding steroid dienone is 6. The van der Waals surface area contributed by atoms with E-state index in [2.05, 4.69) is 13.2 Å². The van der Waals surface area contributed by atoms with Crippen molar-refractivity contribution >= 4 is 49.8 Å². The average molecular weight is 270 g/mol. The van der Waals surface area contributed by atoms with E-state index in [4.69, 9.17) is 26.2 Å². The fourth-order valence-corrected chi connectivity index (χ4v) is 1.30. The van der Waals surface area contributed by atoms with Gasteiger partial charge in [-0.25, -0.2) is 0 Å². The van der Waals surface area contributed by atoms with Gasteiger partial charge in [-0.2, -0.15) is 0 Å². The summed E-state index contributed by atoms with van der Waals surface area (Å²) in [5.74, 6) is -1.11. The van der Waals surface area contributed by atoms with Crippen molar-refractivity contribution in [3.8, 4) is 0 Å². The minimum absolute atomic E-state index is 0.441. The Kier molecular flexibility index (Phi) is 10.1. The van der Waals surface area contributed by atoms with Gasteiger partial charge in [0.25, 0.3) is 0 Å². The molecule has 0 heterocycles. The lowest BCUT2D eigenvalue weighted by atomic mass is 9.06. The zero-order valence-electron chi connectivity index (χ0n) is 12.2. The van der Waals surface area contributed by atoms with Crippen molar-refractivity contribution in [1.29, 1.82) is 0 Å². The summed E-state index contributed by atoms with van der Waals surface area (Å²) >= 11 is 0. The molecule has 0 rings (SSSR count). The van der Waals surface area contributed by atoms with Crippen LogP contribution in [-0.4, -0.2) is 61.5 Å². The second kappa shape index (κ2) is 10.6. The summed E-state index contributed by atoms with van der Waals surface area (Å²) in [4.78, 5) is 11.8. The van der Waals surface area contributed by atoms with Crippen LogP contribution in [0.15, 0.2) is 49.0 Å². The third kappa shape index (κ3) is 9.48. The van der Waals surface area contributed by atoms with E-state index in [1.165, 1.54) is 14.1 Å². The Morgan fingerprint density at radius 3 is 2.43 bits per heavy atom. The molecule has 0 spiro atoms. The zero-order chi connectivity index (χ0) is 16.3. The van der Waals surface area contributed by atoms with E-state index >= 15 is 0 Å². The van der Waals surface area contributed by atoms with Crippen molar-refractivity contribution in [3.63, 3.8) is 0 Å². The van der Waals surface area contributed by atoms with Crippen LogP contribution in [0, 0.1) is 0 Å². The first kappa shape index (κ1) is 19.9. The average Bonchev–Trinajstić information content (AvgIpc) is 2.38. The summed E-state index contributed by atoms with van der Waals surface area (Å²) in [6.07, 6.45) is 8.79. The first-order chi connectivity index (χ1) is 9.83. The van der Waals surface area contributed by atoms with Gasteiger partial charge in [-0.05, 0) is 12.8 Å². The van der Waals surface area contributed by atoms with E-state index in [9.17, 15) is 4.79 Å². The van der Waals surface area contributed by atoms with Gasteiger partial charge in [0, 0.05) is 14.1 Å². The van der Waals surface area contributed by atoms with E-state index in [-0.39, 0.29) is 0 Å². The molecule has 3 nitrogen and oxygen atoms in total. The Labute approximate surface area is 133 Å². The lowest BCUT2D eigenvalue weighted by molar-refractivity contribution is -0.132. The van der Waals surface area contributed by atoms with Gasteiger partial charge in [-0.1, -0.05) is 49.0 Å². The van der Waals surface area contributed by atoms with Crippen molar-refractivity contribution in [2.75, 3.05) is 0 Å². The maximum Gasteiger partial charge on any atom is 0.160 e. The van der Waals surface area contributed by atoms with Crippen LogP contribution < -0.4 is 5.73 Å². The minimum atomic E-state index is -1.55. The number of ether oxygens (including phenoxy) is 1. The van der Waals surface area contributed by atoms with Crippen LogP contribution in [0.3, 0.4) is 0 Å². The molecule has 0 bridgehead atoms. The molecule has 0 aromatic rings. The van der Waals surface area contributed by atoms with Crippen LogP contribution in [0.25, 0.3) is 0 Å². The first-order valence-corrected chi connectivity index (χ1v) is 6.32. The fourth-order valence-electron chi connectivity index (χ4n) is 1.30. The molecule has 1 atom stereocenters. The van der Waals surface area contributed by atoms with E-state index in [0.717, 1.165) is 5.47 Å². The quantitative estimate of drug-likeness (QED) is 0.231. The van der Waals surface area contributed by atoms with Gasteiger partial charge in [-0.15, -0.1) is 0 Å². The van der Waals surface area contributed by atoms with Gasteiger partial charge < -0.3 is 9.53 Å². The first-order valence-electron chi connectivity index (χ1n) is 6.32. The molecule has 21 heavy (non-hydrogen) atoms. The molecule has 0 aliphatic rings. The Hall–Kier alpha value is -1.06. The molecule has 0 amide bonds. The topological polar surface area (TPSA) is 52.3 Å². The monoisotopic (exact) mass is 271 g/mol. The molecule has 0 saturated carbocycles. The fraction of sp³-hybridized carbons (Fsp3) is 0.250. The SMILES string of the molecule is [B]C([B])OC(C)(N)C(=O)[B][B][B][B]C(/C=C\C=C)=C/C=C. The van der Waals surface area contributed by atoms with Gasteiger partial charge in [-0.3, -0.25) is 5.73 Å². The van der Waals surface area contributed by atoms with Crippen molar-refractivity contribution in [2.24, 2.45) is 5.73 Å². The van der Waals surface area contributed by atoms with Crippen molar-refractivity contribution in [1.82, 2.24) is 0 Å². The van der Waals surface area contributed by atoms with Crippen LogP contribution in [0.4, 0.5) is 0 Å². The maximum atomic E-state index is 11.8. The standard InChI is InChI=1S/C12H15B6NO2/c1-4-6-8-9(7-5-2)15-17-18-16-10(20)12(3,19)21-11(13)14/h4-8,11H,1-2,19H2,3H3/b8-6-,9-7+. The predicted octanol–water partition coefficient (Wildman–Crippen LogP) is -0.801. The van der Waals surface area contributed by atoms with Crippen molar-refractivity contribution < 1.29 is 9.53 Å². The Morgan fingerprint density at radius 1 is 1.29 bits per heavy atom. The van der Waals surface area contributed by atoms with Gasteiger partial charge in [0.05, 0.1) is 22.9 Å². The molecule has 98 valence electrons. The van der Waals surface area contributed by atoms with Crippen LogP contribution >= 0.6 is 0 Å². The molecule has 0 aromatic heterocycles. The molecule has 0 aliphatic carbocycles. The van der Waals surface area contributed by atoms with Gasteiger partial charge in [0.2, 0.25) is 0 Å². The van der Waals surface area contributed by atoms with Crippen LogP contribution in [0.5, 0.6) is 0 Å². The number of rotatable bonds is 11. The molecule has 8 radical (unpaired) electrons. The number of nitrogens with two attached hydrogens (primary N) is 1. The summed E-state index contributed by atoms with van der Waals surface area (Å²) in [5.41, 5.74) is 4.57. The molecule has 2 N–H and O–H groups in total.